The van der Waals surface area contributed by atoms with E-state index in [2.05, 4.69) is 36.5 Å². The van der Waals surface area contributed by atoms with E-state index in [0.717, 1.165) is 22.6 Å². The number of carbonyl (C=O) groups excluding carboxylic acids is 1. The van der Waals surface area contributed by atoms with Crippen molar-refractivity contribution in [3.05, 3.63) is 95.1 Å². The highest BCUT2D eigenvalue weighted by Gasteiger charge is 2.05. The van der Waals surface area contributed by atoms with Crippen molar-refractivity contribution in [1.29, 1.82) is 0 Å². The molecule has 3 rings (SSSR count). The van der Waals surface area contributed by atoms with Crippen molar-refractivity contribution in [2.24, 2.45) is 0 Å². The van der Waals surface area contributed by atoms with Gasteiger partial charge in [0.05, 0.1) is 12.2 Å². The molecular formula is C24H25NO3. The fraction of sp³-hybridized carbons (Fsp3) is 0.208. The molecule has 1 N–H and O–H groups in total. The summed E-state index contributed by atoms with van der Waals surface area (Å²) in [6.45, 7) is 5.47. The molecule has 4 nitrogen and oxygen atoms in total. The van der Waals surface area contributed by atoms with Crippen LogP contribution in [-0.4, -0.2) is 12.6 Å². The highest BCUT2D eigenvalue weighted by Crippen LogP contribution is 2.18. The molecule has 0 heterocycles. The van der Waals surface area contributed by atoms with Crippen molar-refractivity contribution < 1.29 is 14.3 Å². The van der Waals surface area contributed by atoms with Gasteiger partial charge in [-0.3, -0.25) is 0 Å². The summed E-state index contributed by atoms with van der Waals surface area (Å²) in [7, 11) is 0. The van der Waals surface area contributed by atoms with Gasteiger partial charge in [0.1, 0.15) is 12.4 Å². The normalized spacial score (nSPS) is 10.4. The van der Waals surface area contributed by atoms with Gasteiger partial charge in [-0.1, -0.05) is 42.0 Å². The minimum atomic E-state index is -0.299. The van der Waals surface area contributed by atoms with Crippen LogP contribution in [0, 0.1) is 6.92 Å². The van der Waals surface area contributed by atoms with Crippen molar-refractivity contribution in [3.8, 4) is 5.75 Å². The van der Waals surface area contributed by atoms with Crippen LogP contribution in [0.25, 0.3) is 0 Å². The number of aryl methyl sites for hydroxylation is 1. The van der Waals surface area contributed by atoms with E-state index in [9.17, 15) is 4.79 Å². The number of anilines is 1. The topological polar surface area (TPSA) is 47.6 Å². The Labute approximate surface area is 166 Å². The van der Waals surface area contributed by atoms with Crippen LogP contribution in [0.5, 0.6) is 5.75 Å². The molecule has 0 saturated carbocycles. The van der Waals surface area contributed by atoms with E-state index in [1.54, 1.807) is 19.1 Å². The second-order valence-corrected chi connectivity index (χ2v) is 6.58. The SMILES string of the molecule is CCOC(=O)c1ccc(NCc2cccc(OCc3cccc(C)c3)c2)cc1. The van der Waals surface area contributed by atoms with E-state index in [4.69, 9.17) is 9.47 Å². The predicted molar refractivity (Wildman–Crippen MR) is 112 cm³/mol. The Morgan fingerprint density at radius 3 is 2.43 bits per heavy atom. The van der Waals surface area contributed by atoms with Crippen LogP contribution < -0.4 is 10.1 Å². The van der Waals surface area contributed by atoms with Crippen molar-refractivity contribution in [2.75, 3.05) is 11.9 Å². The van der Waals surface area contributed by atoms with Gasteiger partial charge in [0, 0.05) is 12.2 Å². The summed E-state index contributed by atoms with van der Waals surface area (Å²) in [5, 5.41) is 3.36. The largest absolute Gasteiger partial charge is 0.489 e. The fourth-order valence-electron chi connectivity index (χ4n) is 2.86. The first-order chi connectivity index (χ1) is 13.6. The summed E-state index contributed by atoms with van der Waals surface area (Å²) >= 11 is 0. The van der Waals surface area contributed by atoms with Gasteiger partial charge in [0.2, 0.25) is 0 Å². The molecule has 0 bridgehead atoms. The van der Waals surface area contributed by atoms with Crippen LogP contribution in [-0.2, 0) is 17.9 Å². The van der Waals surface area contributed by atoms with Gasteiger partial charge in [0.15, 0.2) is 0 Å². The van der Waals surface area contributed by atoms with Gasteiger partial charge < -0.3 is 14.8 Å². The fourth-order valence-corrected chi connectivity index (χ4v) is 2.86. The van der Waals surface area contributed by atoms with Crippen LogP contribution in [0.15, 0.2) is 72.8 Å². The summed E-state index contributed by atoms with van der Waals surface area (Å²) in [6, 6.07) is 23.7. The molecule has 0 radical (unpaired) electrons. The Bertz CT molecular complexity index is 919. The first-order valence-electron chi connectivity index (χ1n) is 9.42. The Balaban J connectivity index is 1.55. The molecule has 0 aliphatic rings. The third-order valence-corrected chi connectivity index (χ3v) is 4.28. The molecule has 0 unspecified atom stereocenters. The smallest absolute Gasteiger partial charge is 0.338 e. The van der Waals surface area contributed by atoms with Crippen molar-refractivity contribution in [3.63, 3.8) is 0 Å². The zero-order chi connectivity index (χ0) is 19.8. The molecule has 0 aliphatic carbocycles. The zero-order valence-electron chi connectivity index (χ0n) is 16.3. The van der Waals surface area contributed by atoms with E-state index >= 15 is 0 Å². The third-order valence-electron chi connectivity index (χ3n) is 4.28. The maximum absolute atomic E-state index is 11.7. The Morgan fingerprint density at radius 1 is 0.929 bits per heavy atom. The molecule has 3 aromatic carbocycles. The number of hydrogen-bond acceptors (Lipinski definition) is 4. The van der Waals surface area contributed by atoms with Crippen LogP contribution in [0.1, 0.15) is 34.0 Å². The van der Waals surface area contributed by atoms with Gasteiger partial charge in [-0.2, -0.15) is 0 Å². The number of ether oxygens (including phenoxy) is 2. The molecule has 0 aliphatic heterocycles. The molecule has 28 heavy (non-hydrogen) atoms. The lowest BCUT2D eigenvalue weighted by Crippen LogP contribution is -2.05. The van der Waals surface area contributed by atoms with Crippen LogP contribution in [0.2, 0.25) is 0 Å². The molecule has 4 heteroatoms. The maximum atomic E-state index is 11.7. The Hall–Kier alpha value is -3.27. The summed E-state index contributed by atoms with van der Waals surface area (Å²) in [6.07, 6.45) is 0. The van der Waals surface area contributed by atoms with Gasteiger partial charge >= 0.3 is 5.97 Å². The average Bonchev–Trinajstić information content (AvgIpc) is 2.72. The molecule has 144 valence electrons. The van der Waals surface area contributed by atoms with E-state index < -0.39 is 0 Å². The van der Waals surface area contributed by atoms with Crippen molar-refractivity contribution >= 4 is 11.7 Å². The lowest BCUT2D eigenvalue weighted by atomic mass is 10.1. The first kappa shape index (κ1) is 19.5. The molecule has 0 fully saturated rings. The van der Waals surface area contributed by atoms with Gasteiger partial charge in [-0.25, -0.2) is 4.79 Å². The molecule has 0 amide bonds. The van der Waals surface area contributed by atoms with Crippen molar-refractivity contribution in [1.82, 2.24) is 0 Å². The molecule has 0 spiro atoms. The summed E-state index contributed by atoms with van der Waals surface area (Å²) in [5.74, 6) is 0.547. The second kappa shape index (κ2) is 9.60. The van der Waals surface area contributed by atoms with E-state index in [1.807, 2.05) is 36.4 Å². The second-order valence-electron chi connectivity index (χ2n) is 6.58. The molecule has 0 saturated heterocycles. The summed E-state index contributed by atoms with van der Waals surface area (Å²) in [5.41, 5.74) is 5.01. The summed E-state index contributed by atoms with van der Waals surface area (Å²) in [4.78, 5) is 11.7. The zero-order valence-corrected chi connectivity index (χ0v) is 16.3. The lowest BCUT2D eigenvalue weighted by Gasteiger charge is -2.10. The number of rotatable bonds is 8. The highest BCUT2D eigenvalue weighted by atomic mass is 16.5. The van der Waals surface area contributed by atoms with Crippen LogP contribution in [0.4, 0.5) is 5.69 Å². The quantitative estimate of drug-likeness (QED) is 0.538. The van der Waals surface area contributed by atoms with Gasteiger partial charge in [-0.05, 0) is 61.4 Å². The number of carbonyl (C=O) groups is 1. The number of esters is 1. The number of benzene rings is 3. The van der Waals surface area contributed by atoms with E-state index in [1.165, 1.54) is 5.56 Å². The lowest BCUT2D eigenvalue weighted by molar-refractivity contribution is 0.0526. The van der Waals surface area contributed by atoms with Crippen molar-refractivity contribution in [2.45, 2.75) is 27.0 Å². The average molecular weight is 375 g/mol. The predicted octanol–water partition coefficient (Wildman–Crippen LogP) is 5.36. The van der Waals surface area contributed by atoms with Gasteiger partial charge in [-0.15, -0.1) is 0 Å². The first-order valence-corrected chi connectivity index (χ1v) is 9.42. The maximum Gasteiger partial charge on any atom is 0.338 e. The minimum absolute atomic E-state index is 0.299. The summed E-state index contributed by atoms with van der Waals surface area (Å²) < 4.78 is 10.9. The Morgan fingerprint density at radius 2 is 1.68 bits per heavy atom. The number of nitrogens with one attached hydrogen (secondary N) is 1. The number of hydrogen-bond donors (Lipinski definition) is 1. The molecule has 0 aromatic heterocycles. The minimum Gasteiger partial charge on any atom is -0.489 e. The third kappa shape index (κ3) is 5.61. The van der Waals surface area contributed by atoms with Gasteiger partial charge in [0.25, 0.3) is 0 Å². The van der Waals surface area contributed by atoms with Crippen LogP contribution in [0.3, 0.4) is 0 Å². The standard InChI is InChI=1S/C24H25NO3/c1-3-27-24(26)21-10-12-22(13-11-21)25-16-19-7-5-9-23(15-19)28-17-20-8-4-6-18(2)14-20/h4-15,25H,3,16-17H2,1-2H3. The van der Waals surface area contributed by atoms with Crippen LogP contribution >= 0.6 is 0 Å². The van der Waals surface area contributed by atoms with E-state index in [0.29, 0.717) is 25.3 Å². The monoisotopic (exact) mass is 375 g/mol. The van der Waals surface area contributed by atoms with E-state index in [-0.39, 0.29) is 5.97 Å². The highest BCUT2D eigenvalue weighted by molar-refractivity contribution is 5.89. The Kier molecular flexibility index (Phi) is 6.68. The molecular weight excluding hydrogens is 350 g/mol. The molecule has 0 atom stereocenters. The molecule has 3 aromatic rings.